The number of aliphatic hydroxyl groups is 1. The average Bonchev–Trinajstić information content (AvgIpc) is 3.50. The van der Waals surface area contributed by atoms with Gasteiger partial charge in [0.05, 0.1) is 29.0 Å². The molecule has 1 N–H and O–H groups in total. The number of esters is 1. The van der Waals surface area contributed by atoms with Gasteiger partial charge in [0.2, 0.25) is 6.79 Å². The standard InChI is InChI=1S/C27H27N3O6/c1-2-27(33)19-9-21-24-17(12-30(21)25(31)18(19)13-34-26(27)32)16(11-29-6-4-3-5-7-29)15-8-22-23(36-14-35-22)10-20(15)28-24/h8-10,33H,2-7,11-14H2,1H3/t27-/m0/s1. The van der Waals surface area contributed by atoms with Gasteiger partial charge in [0.25, 0.3) is 5.56 Å². The van der Waals surface area contributed by atoms with Gasteiger partial charge in [-0.15, -0.1) is 0 Å². The summed E-state index contributed by atoms with van der Waals surface area (Å²) in [6.07, 6.45) is 3.71. The Morgan fingerprint density at radius 3 is 2.58 bits per heavy atom. The Morgan fingerprint density at radius 2 is 1.81 bits per heavy atom. The molecule has 9 nitrogen and oxygen atoms in total. The normalized spacial score (nSPS) is 22.3. The van der Waals surface area contributed by atoms with Crippen LogP contribution in [0.15, 0.2) is 23.0 Å². The quantitative estimate of drug-likeness (QED) is 0.439. The van der Waals surface area contributed by atoms with Crippen LogP contribution < -0.4 is 15.0 Å². The minimum atomic E-state index is -1.84. The van der Waals surface area contributed by atoms with Gasteiger partial charge in [-0.1, -0.05) is 13.3 Å². The van der Waals surface area contributed by atoms with Gasteiger partial charge >= 0.3 is 5.97 Å². The summed E-state index contributed by atoms with van der Waals surface area (Å²) >= 11 is 0. The van der Waals surface area contributed by atoms with Gasteiger partial charge in [-0.2, -0.15) is 0 Å². The van der Waals surface area contributed by atoms with Crippen molar-refractivity contribution >= 4 is 16.9 Å². The molecule has 36 heavy (non-hydrogen) atoms. The first-order chi connectivity index (χ1) is 17.5. The van der Waals surface area contributed by atoms with Crippen LogP contribution in [0.25, 0.3) is 22.3 Å². The molecule has 4 aliphatic rings. The third-order valence-corrected chi connectivity index (χ3v) is 8.13. The molecular weight excluding hydrogens is 462 g/mol. The molecule has 6 heterocycles. The van der Waals surface area contributed by atoms with Crippen molar-refractivity contribution in [2.45, 2.75) is 57.9 Å². The number of likely N-dealkylation sites (tertiary alicyclic amines) is 1. The van der Waals surface area contributed by atoms with E-state index in [1.807, 2.05) is 12.1 Å². The highest BCUT2D eigenvalue weighted by molar-refractivity contribution is 5.91. The van der Waals surface area contributed by atoms with Crippen LogP contribution in [0, 0.1) is 0 Å². The van der Waals surface area contributed by atoms with E-state index in [2.05, 4.69) is 4.90 Å². The van der Waals surface area contributed by atoms with Crippen LogP contribution in [0.3, 0.4) is 0 Å². The Kier molecular flexibility index (Phi) is 4.72. The first kappa shape index (κ1) is 21.8. The lowest BCUT2D eigenvalue weighted by Gasteiger charge is -2.31. The van der Waals surface area contributed by atoms with Gasteiger partial charge in [0.15, 0.2) is 17.1 Å². The molecule has 7 rings (SSSR count). The molecule has 0 aliphatic carbocycles. The van der Waals surface area contributed by atoms with Crippen molar-refractivity contribution in [2.24, 2.45) is 0 Å². The molecule has 4 aliphatic heterocycles. The van der Waals surface area contributed by atoms with Gasteiger partial charge in [0.1, 0.15) is 6.61 Å². The highest BCUT2D eigenvalue weighted by atomic mass is 16.7. The number of hydrogen-bond donors (Lipinski definition) is 1. The van der Waals surface area contributed by atoms with Crippen LogP contribution in [0.4, 0.5) is 0 Å². The fraction of sp³-hybridized carbons (Fsp3) is 0.444. The second-order valence-corrected chi connectivity index (χ2v) is 10.1. The fourth-order valence-corrected chi connectivity index (χ4v) is 6.07. The van der Waals surface area contributed by atoms with E-state index >= 15 is 0 Å². The van der Waals surface area contributed by atoms with E-state index in [0.29, 0.717) is 40.6 Å². The molecule has 0 bridgehead atoms. The van der Waals surface area contributed by atoms with Crippen LogP contribution >= 0.6 is 0 Å². The number of nitrogens with zero attached hydrogens (tertiary/aromatic N) is 3. The highest BCUT2D eigenvalue weighted by Gasteiger charge is 2.45. The van der Waals surface area contributed by atoms with Crippen molar-refractivity contribution in [3.63, 3.8) is 0 Å². The third kappa shape index (κ3) is 2.99. The van der Waals surface area contributed by atoms with Gasteiger partial charge < -0.3 is 23.9 Å². The van der Waals surface area contributed by atoms with Crippen molar-refractivity contribution < 1.29 is 24.1 Å². The Labute approximate surface area is 207 Å². The fourth-order valence-electron chi connectivity index (χ4n) is 6.07. The summed E-state index contributed by atoms with van der Waals surface area (Å²) in [4.78, 5) is 33.6. The summed E-state index contributed by atoms with van der Waals surface area (Å²) in [6.45, 7) is 4.97. The minimum Gasteiger partial charge on any atom is -0.458 e. The molecule has 1 fully saturated rings. The predicted octanol–water partition coefficient (Wildman–Crippen LogP) is 2.79. The van der Waals surface area contributed by atoms with Gasteiger partial charge in [-0.25, -0.2) is 9.78 Å². The number of cyclic esters (lactones) is 1. The number of benzene rings is 1. The van der Waals surface area contributed by atoms with E-state index in [0.717, 1.165) is 41.7 Å². The van der Waals surface area contributed by atoms with E-state index in [4.69, 9.17) is 19.2 Å². The summed E-state index contributed by atoms with van der Waals surface area (Å²) < 4.78 is 18.2. The molecule has 1 atom stereocenters. The molecule has 186 valence electrons. The van der Waals surface area contributed by atoms with Crippen molar-refractivity contribution in [1.29, 1.82) is 0 Å². The molecule has 1 saturated heterocycles. The maximum atomic E-state index is 13.6. The minimum absolute atomic E-state index is 0.115. The SMILES string of the molecule is CC[C@@]1(O)C(=O)OCc2c1cc1n(c2=O)Cc2c-1nc1cc3c(cc1c2CN1CCCCC1)OCO3. The molecule has 0 spiro atoms. The largest absolute Gasteiger partial charge is 0.458 e. The summed E-state index contributed by atoms with van der Waals surface area (Å²) in [5.41, 5.74) is 2.81. The summed E-state index contributed by atoms with van der Waals surface area (Å²) in [5, 5.41) is 12.2. The molecule has 0 saturated carbocycles. The number of rotatable bonds is 3. The highest BCUT2D eigenvalue weighted by Crippen LogP contribution is 2.43. The number of ether oxygens (including phenoxy) is 3. The first-order valence-electron chi connectivity index (χ1n) is 12.6. The molecule has 3 aromatic rings. The molecule has 0 radical (unpaired) electrons. The molecule has 0 amide bonds. The second-order valence-electron chi connectivity index (χ2n) is 10.1. The number of carbonyl (C=O) groups is 1. The molecule has 2 aromatic heterocycles. The zero-order valence-corrected chi connectivity index (χ0v) is 20.1. The number of piperidine rings is 1. The van der Waals surface area contributed by atoms with Crippen molar-refractivity contribution in [1.82, 2.24) is 14.5 Å². The monoisotopic (exact) mass is 489 g/mol. The number of fused-ring (bicyclic) bond motifs is 6. The van der Waals surface area contributed by atoms with Gasteiger partial charge in [0, 0.05) is 29.1 Å². The number of pyridine rings is 2. The van der Waals surface area contributed by atoms with E-state index in [1.54, 1.807) is 17.6 Å². The van der Waals surface area contributed by atoms with Gasteiger partial charge in [-0.05, 0) is 50.0 Å². The maximum absolute atomic E-state index is 13.6. The Balaban J connectivity index is 1.46. The van der Waals surface area contributed by atoms with Crippen molar-refractivity contribution in [3.8, 4) is 22.9 Å². The molecular formula is C27H27N3O6. The van der Waals surface area contributed by atoms with Crippen LogP contribution in [-0.2, 0) is 34.8 Å². The topological polar surface area (TPSA) is 103 Å². The number of aromatic nitrogens is 2. The smallest absolute Gasteiger partial charge is 0.343 e. The van der Waals surface area contributed by atoms with Crippen LogP contribution in [0.5, 0.6) is 11.5 Å². The summed E-state index contributed by atoms with van der Waals surface area (Å²) in [5.74, 6) is 0.642. The maximum Gasteiger partial charge on any atom is 0.343 e. The lowest BCUT2D eigenvalue weighted by Crippen LogP contribution is -2.44. The van der Waals surface area contributed by atoms with E-state index in [1.165, 1.54) is 19.3 Å². The van der Waals surface area contributed by atoms with E-state index < -0.39 is 11.6 Å². The number of hydrogen-bond acceptors (Lipinski definition) is 8. The van der Waals surface area contributed by atoms with Crippen LogP contribution in [-0.4, -0.2) is 45.4 Å². The predicted molar refractivity (Wildman–Crippen MR) is 130 cm³/mol. The first-order valence-corrected chi connectivity index (χ1v) is 12.6. The second kappa shape index (κ2) is 7.78. The lowest BCUT2D eigenvalue weighted by molar-refractivity contribution is -0.172. The molecule has 0 unspecified atom stereocenters. The average molecular weight is 490 g/mol. The van der Waals surface area contributed by atoms with Crippen molar-refractivity contribution in [3.05, 3.63) is 50.8 Å². The zero-order valence-electron chi connectivity index (χ0n) is 20.1. The van der Waals surface area contributed by atoms with Gasteiger partial charge in [-0.3, -0.25) is 9.69 Å². The third-order valence-electron chi connectivity index (χ3n) is 8.13. The summed E-state index contributed by atoms with van der Waals surface area (Å²) in [7, 11) is 0. The molecule has 9 heteroatoms. The zero-order chi connectivity index (χ0) is 24.6. The van der Waals surface area contributed by atoms with E-state index in [9.17, 15) is 14.7 Å². The Hall–Kier alpha value is -3.43. The van der Waals surface area contributed by atoms with E-state index in [-0.39, 0.29) is 25.4 Å². The molecule has 1 aromatic carbocycles. The number of carbonyl (C=O) groups excluding carboxylic acids is 1. The summed E-state index contributed by atoms with van der Waals surface area (Å²) in [6, 6.07) is 5.67. The van der Waals surface area contributed by atoms with Crippen LogP contribution in [0.2, 0.25) is 0 Å². The van der Waals surface area contributed by atoms with Crippen molar-refractivity contribution in [2.75, 3.05) is 19.9 Å². The Morgan fingerprint density at radius 1 is 1.03 bits per heavy atom. The lowest BCUT2D eigenvalue weighted by atomic mass is 9.86. The van der Waals surface area contributed by atoms with Crippen LogP contribution in [0.1, 0.15) is 54.9 Å². The Bertz CT molecular complexity index is 1510.